The molecular weight excluding hydrogens is 272 g/mol. The van der Waals surface area contributed by atoms with Crippen molar-refractivity contribution in [3.8, 4) is 11.5 Å². The van der Waals surface area contributed by atoms with Gasteiger partial charge in [0.05, 0.1) is 7.11 Å². The van der Waals surface area contributed by atoms with Crippen molar-refractivity contribution in [3.63, 3.8) is 0 Å². The number of phenols is 2. The van der Waals surface area contributed by atoms with Crippen LogP contribution in [0.15, 0.2) is 54.3 Å². The van der Waals surface area contributed by atoms with Crippen molar-refractivity contribution in [3.05, 3.63) is 59.9 Å². The van der Waals surface area contributed by atoms with Gasteiger partial charge in [-0.2, -0.15) is 0 Å². The number of carbonyl (C=O) groups excluding carboxylic acids is 2. The molecule has 0 aromatic heterocycles. The number of phenolic OH excluding ortho intramolecular Hbond substituents is 2. The largest absolute Gasteiger partial charge is 0.504 e. The number of hydrogen-bond donors (Lipinski definition) is 2. The molecule has 108 valence electrons. The average molecular weight is 286 g/mol. The highest BCUT2D eigenvalue weighted by molar-refractivity contribution is 6.19. The normalized spacial score (nSPS) is 16.0. The first-order valence-electron chi connectivity index (χ1n) is 6.18. The van der Waals surface area contributed by atoms with E-state index in [1.807, 2.05) is 0 Å². The van der Waals surface area contributed by atoms with E-state index in [-0.39, 0.29) is 28.6 Å². The van der Waals surface area contributed by atoms with Crippen LogP contribution >= 0.6 is 0 Å². The van der Waals surface area contributed by atoms with Gasteiger partial charge in [-0.15, -0.1) is 6.58 Å². The minimum atomic E-state index is -0.567. The van der Waals surface area contributed by atoms with Gasteiger partial charge in [-0.3, -0.25) is 9.59 Å². The smallest absolute Gasteiger partial charge is 0.220 e. The van der Waals surface area contributed by atoms with Gasteiger partial charge in [-0.25, -0.2) is 0 Å². The summed E-state index contributed by atoms with van der Waals surface area (Å²) in [4.78, 5) is 23.9. The van der Waals surface area contributed by atoms with Crippen LogP contribution in [0.1, 0.15) is 11.5 Å². The third-order valence-electron chi connectivity index (χ3n) is 3.23. The predicted molar refractivity (Wildman–Crippen MR) is 75.9 cm³/mol. The van der Waals surface area contributed by atoms with Crippen LogP contribution in [-0.4, -0.2) is 28.9 Å². The Balaban J connectivity index is 2.43. The minimum Gasteiger partial charge on any atom is -0.504 e. The van der Waals surface area contributed by atoms with Crippen LogP contribution in [0, 0.1) is 0 Å². The fourth-order valence-corrected chi connectivity index (χ4v) is 2.14. The molecule has 0 radical (unpaired) electrons. The predicted octanol–water partition coefficient (Wildman–Crippen LogP) is 1.98. The summed E-state index contributed by atoms with van der Waals surface area (Å²) < 4.78 is 4.82. The monoisotopic (exact) mass is 286 g/mol. The summed E-state index contributed by atoms with van der Waals surface area (Å²) in [6, 6.07) is 4.19. The summed E-state index contributed by atoms with van der Waals surface area (Å²) >= 11 is 0. The third kappa shape index (κ3) is 2.72. The first-order valence-corrected chi connectivity index (χ1v) is 6.18. The quantitative estimate of drug-likeness (QED) is 0.502. The summed E-state index contributed by atoms with van der Waals surface area (Å²) in [5, 5.41) is 18.9. The lowest BCUT2D eigenvalue weighted by Crippen LogP contribution is -2.18. The molecule has 1 aromatic carbocycles. The molecule has 0 heterocycles. The molecule has 0 saturated heterocycles. The van der Waals surface area contributed by atoms with E-state index in [2.05, 4.69) is 6.58 Å². The van der Waals surface area contributed by atoms with Gasteiger partial charge in [-0.1, -0.05) is 12.1 Å². The summed E-state index contributed by atoms with van der Waals surface area (Å²) in [5.74, 6) is -1.90. The lowest BCUT2D eigenvalue weighted by Gasteiger charge is -2.18. The van der Waals surface area contributed by atoms with E-state index < -0.39 is 11.7 Å². The van der Waals surface area contributed by atoms with Crippen LogP contribution in [-0.2, 0) is 14.3 Å². The van der Waals surface area contributed by atoms with E-state index in [0.29, 0.717) is 5.56 Å². The van der Waals surface area contributed by atoms with Crippen LogP contribution in [0.5, 0.6) is 11.5 Å². The van der Waals surface area contributed by atoms with Crippen LogP contribution in [0.3, 0.4) is 0 Å². The number of rotatable bonds is 4. The number of methoxy groups -OCH3 is 1. The molecular formula is C16H14O5. The Morgan fingerprint density at radius 2 is 1.86 bits per heavy atom. The lowest BCUT2D eigenvalue weighted by atomic mass is 9.85. The van der Waals surface area contributed by atoms with E-state index in [0.717, 1.165) is 6.08 Å². The third-order valence-corrected chi connectivity index (χ3v) is 3.23. The second-order valence-electron chi connectivity index (χ2n) is 4.50. The summed E-state index contributed by atoms with van der Waals surface area (Å²) in [5.41, 5.74) is 0.780. The van der Waals surface area contributed by atoms with E-state index in [9.17, 15) is 19.8 Å². The molecule has 0 aliphatic heterocycles. The maximum atomic E-state index is 12.1. The lowest BCUT2D eigenvalue weighted by molar-refractivity contribution is -0.117. The van der Waals surface area contributed by atoms with Crippen LogP contribution in [0.2, 0.25) is 0 Å². The Morgan fingerprint density at radius 1 is 1.14 bits per heavy atom. The van der Waals surface area contributed by atoms with Crippen LogP contribution < -0.4 is 0 Å². The van der Waals surface area contributed by atoms with Gasteiger partial charge >= 0.3 is 0 Å². The number of ketones is 2. The molecule has 0 bridgehead atoms. The zero-order valence-electron chi connectivity index (χ0n) is 11.4. The average Bonchev–Trinajstić information content (AvgIpc) is 2.46. The van der Waals surface area contributed by atoms with Gasteiger partial charge in [0.2, 0.25) is 5.78 Å². The molecule has 0 spiro atoms. The standard InChI is InChI=1S/C16H14O5/c1-3-10(9-4-5-12(17)14(19)6-9)11-7-15(20)16(21-2)8-13(11)18/h3-8,10,17,19H,1H2,2H3. The summed E-state index contributed by atoms with van der Waals surface area (Å²) in [6.45, 7) is 3.66. The molecule has 1 aromatic rings. The molecule has 0 amide bonds. The summed E-state index contributed by atoms with van der Waals surface area (Å²) in [6.07, 6.45) is 3.83. The van der Waals surface area contributed by atoms with E-state index in [1.54, 1.807) is 6.07 Å². The Kier molecular flexibility index (Phi) is 3.93. The van der Waals surface area contributed by atoms with Crippen molar-refractivity contribution in [1.82, 2.24) is 0 Å². The van der Waals surface area contributed by atoms with Crippen molar-refractivity contribution in [2.45, 2.75) is 5.92 Å². The molecule has 21 heavy (non-hydrogen) atoms. The van der Waals surface area contributed by atoms with Gasteiger partial charge in [0, 0.05) is 17.6 Å². The van der Waals surface area contributed by atoms with Crippen molar-refractivity contribution in [2.24, 2.45) is 0 Å². The Hall–Kier alpha value is -2.82. The molecule has 1 aliphatic carbocycles. The maximum Gasteiger partial charge on any atom is 0.220 e. The maximum absolute atomic E-state index is 12.1. The number of carbonyl (C=O) groups is 2. The van der Waals surface area contributed by atoms with Crippen molar-refractivity contribution in [2.75, 3.05) is 7.11 Å². The van der Waals surface area contributed by atoms with Gasteiger partial charge in [0.25, 0.3) is 0 Å². The van der Waals surface area contributed by atoms with Crippen molar-refractivity contribution >= 4 is 11.6 Å². The molecule has 2 N–H and O–H groups in total. The number of ether oxygens (including phenoxy) is 1. The number of aromatic hydroxyl groups is 2. The number of hydrogen-bond acceptors (Lipinski definition) is 5. The molecule has 0 saturated carbocycles. The van der Waals surface area contributed by atoms with Crippen LogP contribution in [0.4, 0.5) is 0 Å². The Labute approximate surface area is 121 Å². The number of allylic oxidation sites excluding steroid dienone is 4. The minimum absolute atomic E-state index is 0.0138. The second kappa shape index (κ2) is 5.66. The molecule has 1 unspecified atom stereocenters. The fraction of sp³-hybridized carbons (Fsp3) is 0.125. The first kappa shape index (κ1) is 14.6. The zero-order chi connectivity index (χ0) is 15.6. The molecule has 0 fully saturated rings. The highest BCUT2D eigenvalue weighted by atomic mass is 16.5. The topological polar surface area (TPSA) is 83.8 Å². The highest BCUT2D eigenvalue weighted by Gasteiger charge is 2.26. The Morgan fingerprint density at radius 3 is 2.43 bits per heavy atom. The van der Waals surface area contributed by atoms with Gasteiger partial charge in [-0.05, 0) is 23.8 Å². The zero-order valence-corrected chi connectivity index (χ0v) is 11.4. The Bertz CT molecular complexity index is 682. The summed E-state index contributed by atoms with van der Waals surface area (Å²) in [7, 11) is 1.32. The number of benzene rings is 1. The van der Waals surface area contributed by atoms with E-state index >= 15 is 0 Å². The van der Waals surface area contributed by atoms with Crippen molar-refractivity contribution < 1.29 is 24.5 Å². The molecule has 2 rings (SSSR count). The molecule has 1 atom stereocenters. The van der Waals surface area contributed by atoms with Crippen molar-refractivity contribution in [1.29, 1.82) is 0 Å². The molecule has 5 nitrogen and oxygen atoms in total. The fourth-order valence-electron chi connectivity index (χ4n) is 2.14. The van der Waals surface area contributed by atoms with Gasteiger partial charge in [0.1, 0.15) is 0 Å². The van der Waals surface area contributed by atoms with Crippen LogP contribution in [0.25, 0.3) is 0 Å². The van der Waals surface area contributed by atoms with E-state index in [1.165, 1.54) is 31.4 Å². The molecule has 1 aliphatic rings. The molecule has 5 heteroatoms. The van der Waals surface area contributed by atoms with E-state index in [4.69, 9.17) is 4.74 Å². The SMILES string of the molecule is C=CC(C1=CC(=O)C(OC)=CC1=O)c1ccc(O)c(O)c1. The first-order chi connectivity index (χ1) is 9.97. The van der Waals surface area contributed by atoms with Gasteiger partial charge in [0.15, 0.2) is 23.0 Å². The highest BCUT2D eigenvalue weighted by Crippen LogP contribution is 2.34. The second-order valence-corrected chi connectivity index (χ2v) is 4.50. The van der Waals surface area contributed by atoms with Gasteiger partial charge < -0.3 is 14.9 Å².